The Hall–Kier alpha value is -1.07. The van der Waals surface area contributed by atoms with Crippen LogP contribution < -0.4 is 0 Å². The van der Waals surface area contributed by atoms with E-state index >= 15 is 0 Å². The van der Waals surface area contributed by atoms with Gasteiger partial charge in [0, 0.05) is 0 Å². The van der Waals surface area contributed by atoms with Crippen LogP contribution in [0, 0.1) is 5.92 Å². The van der Waals surface area contributed by atoms with Gasteiger partial charge in [-0.15, -0.1) is 0 Å². The summed E-state index contributed by atoms with van der Waals surface area (Å²) >= 11 is 3.45. The fourth-order valence-corrected chi connectivity index (χ4v) is 7.32. The van der Waals surface area contributed by atoms with E-state index in [9.17, 15) is 9.59 Å². The van der Waals surface area contributed by atoms with Crippen molar-refractivity contribution in [1.82, 2.24) is 0 Å². The molecule has 1 aromatic carbocycles. The van der Waals surface area contributed by atoms with Crippen molar-refractivity contribution in [2.75, 3.05) is 0 Å². The van der Waals surface area contributed by atoms with E-state index in [1.165, 1.54) is 0 Å². The topological polar surface area (TPSA) is 61.8 Å². The van der Waals surface area contributed by atoms with E-state index in [1.54, 1.807) is 0 Å². The van der Waals surface area contributed by atoms with Gasteiger partial charge in [0.1, 0.15) is 16.9 Å². The van der Waals surface area contributed by atoms with Gasteiger partial charge in [0.2, 0.25) is 0 Å². The van der Waals surface area contributed by atoms with Gasteiger partial charge in [-0.25, -0.2) is 4.79 Å². The summed E-state index contributed by atoms with van der Waals surface area (Å²) in [5.41, 5.74) is 1.26. The van der Waals surface area contributed by atoms with E-state index in [1.807, 2.05) is 31.2 Å². The minimum Gasteiger partial charge on any atom is -0.446 e. The number of hydrogen-bond donors (Lipinski definition) is 0. The fourth-order valence-electron chi connectivity index (χ4n) is 4.43. The third kappa shape index (κ3) is 4.58. The third-order valence-corrected chi connectivity index (χ3v) is 18.6. The molecule has 1 aromatic rings. The highest BCUT2D eigenvalue weighted by molar-refractivity contribution is 9.12. The van der Waals surface area contributed by atoms with Crippen molar-refractivity contribution >= 4 is 44.8 Å². The maximum absolute atomic E-state index is 13.0. The number of halogens is 1. The highest BCUT2D eigenvalue weighted by Crippen LogP contribution is 2.60. The van der Waals surface area contributed by atoms with E-state index in [-0.39, 0.29) is 10.1 Å². The van der Waals surface area contributed by atoms with Crippen LogP contribution in [0.1, 0.15) is 71.8 Å². The summed E-state index contributed by atoms with van der Waals surface area (Å²) in [6, 6.07) is 8.02. The number of ether oxygens (including phenoxy) is 1. The SMILES string of the molecule is CC1=C(Br)C(=O)O[C@@]12[C@@H](O[Si](C)(C)C(C)(C)C)c1ccccc1[C@@H](O[Si](C)(C)C(C)(C)C)[C@@H]2C=O. The molecule has 2 aliphatic rings. The molecule has 0 unspecified atom stereocenters. The first-order valence-electron chi connectivity index (χ1n) is 12.3. The van der Waals surface area contributed by atoms with Crippen molar-refractivity contribution in [2.24, 2.45) is 5.92 Å². The summed E-state index contributed by atoms with van der Waals surface area (Å²) in [5.74, 6) is -1.22. The number of hydrogen-bond acceptors (Lipinski definition) is 5. The van der Waals surface area contributed by atoms with Crippen LogP contribution in [0.25, 0.3) is 0 Å². The number of benzene rings is 1. The maximum atomic E-state index is 13.0. The molecule has 8 heteroatoms. The summed E-state index contributed by atoms with van der Waals surface area (Å²) in [7, 11) is -4.65. The van der Waals surface area contributed by atoms with Gasteiger partial charge < -0.3 is 18.4 Å². The molecule has 0 fully saturated rings. The van der Waals surface area contributed by atoms with Crippen LogP contribution in [0.2, 0.25) is 36.3 Å². The number of fused-ring (bicyclic) bond motifs is 1. The van der Waals surface area contributed by atoms with Gasteiger partial charge in [0.25, 0.3) is 0 Å². The Morgan fingerprint density at radius 2 is 1.43 bits per heavy atom. The molecule has 0 radical (unpaired) electrons. The number of carbonyl (C=O) groups is 2. The lowest BCUT2D eigenvalue weighted by Crippen LogP contribution is -2.58. The first-order valence-corrected chi connectivity index (χ1v) is 18.9. The molecule has 0 aromatic heterocycles. The number of carbonyl (C=O) groups excluding carboxylic acids is 2. The molecule has 3 rings (SSSR count). The molecule has 0 saturated carbocycles. The Balaban J connectivity index is 2.33. The highest BCUT2D eigenvalue weighted by Gasteiger charge is 2.64. The molecule has 1 heterocycles. The Morgan fingerprint density at radius 3 is 1.86 bits per heavy atom. The second kappa shape index (κ2) is 9.05. The highest BCUT2D eigenvalue weighted by atomic mass is 79.9. The van der Waals surface area contributed by atoms with E-state index < -0.39 is 46.3 Å². The molecule has 1 spiro atoms. The Labute approximate surface area is 221 Å². The van der Waals surface area contributed by atoms with Crippen molar-refractivity contribution in [3.05, 3.63) is 45.4 Å². The summed E-state index contributed by atoms with van der Waals surface area (Å²) < 4.78 is 20.6. The van der Waals surface area contributed by atoms with Crippen LogP contribution in [-0.2, 0) is 23.2 Å². The second-order valence-corrected chi connectivity index (χ2v) is 23.3. The zero-order valence-electron chi connectivity index (χ0n) is 23.0. The Kier molecular flexibility index (Phi) is 7.37. The lowest BCUT2D eigenvalue weighted by atomic mass is 9.66. The molecule has 0 saturated heterocycles. The van der Waals surface area contributed by atoms with Crippen LogP contribution in [0.5, 0.6) is 0 Å². The zero-order chi connectivity index (χ0) is 26.8. The average Bonchev–Trinajstić information content (AvgIpc) is 2.94. The zero-order valence-corrected chi connectivity index (χ0v) is 26.6. The van der Waals surface area contributed by atoms with Crippen LogP contribution in [0.15, 0.2) is 34.3 Å². The van der Waals surface area contributed by atoms with E-state index in [0.29, 0.717) is 10.1 Å². The molecule has 194 valence electrons. The standard InChI is InChI=1S/C27H41BrO5Si2/c1-17-21(28)24(30)31-27(17)20(16-29)22(32-34(8,9)25(2,3)4)18-14-12-13-15-19(18)23(27)33-35(10,11)26(5,6)7/h12-16,20,22-23H,1-11H3/t20-,22+,23-,27-/m0/s1. The third-order valence-electron chi connectivity index (χ3n) is 8.75. The molecule has 0 N–H and O–H groups in total. The number of esters is 1. The van der Waals surface area contributed by atoms with E-state index in [4.69, 9.17) is 13.6 Å². The van der Waals surface area contributed by atoms with Gasteiger partial charge in [0.15, 0.2) is 22.2 Å². The van der Waals surface area contributed by atoms with Crippen molar-refractivity contribution in [3.8, 4) is 0 Å². The molecule has 0 amide bonds. The smallest absolute Gasteiger partial charge is 0.346 e. The van der Waals surface area contributed by atoms with Crippen LogP contribution in [0.3, 0.4) is 0 Å². The summed E-state index contributed by atoms with van der Waals surface area (Å²) in [6.07, 6.45) is -0.254. The van der Waals surface area contributed by atoms with Crippen molar-refractivity contribution < 1.29 is 23.2 Å². The second-order valence-electron chi connectivity index (χ2n) is 13.0. The molecule has 1 aliphatic heterocycles. The minimum absolute atomic E-state index is 0.0607. The quantitative estimate of drug-likeness (QED) is 0.204. The van der Waals surface area contributed by atoms with Crippen LogP contribution in [0.4, 0.5) is 0 Å². The van der Waals surface area contributed by atoms with Crippen LogP contribution >= 0.6 is 15.9 Å². The van der Waals surface area contributed by atoms with Gasteiger partial charge >= 0.3 is 5.97 Å². The van der Waals surface area contributed by atoms with E-state index in [0.717, 1.165) is 17.4 Å². The van der Waals surface area contributed by atoms with Gasteiger partial charge in [-0.3, -0.25) is 0 Å². The van der Waals surface area contributed by atoms with Crippen molar-refractivity contribution in [1.29, 1.82) is 0 Å². The summed E-state index contributed by atoms with van der Waals surface area (Å²) in [6.45, 7) is 23.7. The lowest BCUT2D eigenvalue weighted by Gasteiger charge is -2.53. The Bertz CT molecular complexity index is 1050. The molecule has 35 heavy (non-hydrogen) atoms. The molecule has 5 nitrogen and oxygen atoms in total. The average molecular weight is 582 g/mol. The first kappa shape index (κ1) is 28.5. The first-order chi connectivity index (χ1) is 15.8. The molecule has 4 atom stereocenters. The predicted molar refractivity (Wildman–Crippen MR) is 148 cm³/mol. The minimum atomic E-state index is -2.35. The van der Waals surface area contributed by atoms with Gasteiger partial charge in [-0.2, -0.15) is 0 Å². The van der Waals surface area contributed by atoms with Crippen molar-refractivity contribution in [3.63, 3.8) is 0 Å². The number of rotatable bonds is 5. The fraction of sp³-hybridized carbons (Fsp3) is 0.630. The number of aldehydes is 1. The summed E-state index contributed by atoms with van der Waals surface area (Å²) in [4.78, 5) is 26.0. The molecule has 0 bridgehead atoms. The van der Waals surface area contributed by atoms with Gasteiger partial charge in [0.05, 0.1) is 12.0 Å². The van der Waals surface area contributed by atoms with Crippen molar-refractivity contribution in [2.45, 2.75) is 103 Å². The van der Waals surface area contributed by atoms with E-state index in [2.05, 4.69) is 83.7 Å². The predicted octanol–water partition coefficient (Wildman–Crippen LogP) is 7.61. The Morgan fingerprint density at radius 1 is 0.943 bits per heavy atom. The maximum Gasteiger partial charge on any atom is 0.346 e. The molecular formula is C27H41BrO5Si2. The largest absolute Gasteiger partial charge is 0.446 e. The van der Waals surface area contributed by atoms with Crippen LogP contribution in [-0.4, -0.2) is 34.5 Å². The molecule has 1 aliphatic carbocycles. The lowest BCUT2D eigenvalue weighted by molar-refractivity contribution is -0.174. The molecular weight excluding hydrogens is 540 g/mol. The monoisotopic (exact) mass is 580 g/mol. The summed E-state index contributed by atoms with van der Waals surface area (Å²) in [5, 5.41) is -0.138. The van der Waals surface area contributed by atoms with Gasteiger partial charge in [-0.1, -0.05) is 65.8 Å². The van der Waals surface area contributed by atoms with Gasteiger partial charge in [-0.05, 0) is 75.8 Å². The normalized spacial score (nSPS) is 27.8.